The molecule has 1 aliphatic heterocycles. The third-order valence-electron chi connectivity index (χ3n) is 7.50. The number of allylic oxidation sites excluding steroid dienone is 2. The van der Waals surface area contributed by atoms with E-state index in [0.717, 1.165) is 19.3 Å². The lowest BCUT2D eigenvalue weighted by Crippen LogP contribution is -2.44. The molecule has 4 rings (SSSR count). The fraction of sp³-hybridized carbons (Fsp3) is 0.438. The SMILES string of the molecule is C=C(CCC)N1N=C(c2cc(S(=O)(=O)Nc3ccc(OCC4CCCCC4)c(OC)c3)ccc2OCC)NC(=O)/C1=C(\C)N. The molecule has 2 aromatic rings. The molecule has 0 atom stereocenters. The van der Waals surface area contributed by atoms with Gasteiger partial charge in [-0.25, -0.2) is 13.4 Å². The summed E-state index contributed by atoms with van der Waals surface area (Å²) >= 11 is 0. The van der Waals surface area contributed by atoms with Crippen LogP contribution in [0.25, 0.3) is 0 Å². The minimum absolute atomic E-state index is 0.0558. The molecule has 2 aliphatic rings. The van der Waals surface area contributed by atoms with Crippen molar-refractivity contribution < 1.29 is 27.4 Å². The molecule has 1 saturated carbocycles. The number of nitrogens with one attached hydrogen (secondary N) is 2. The van der Waals surface area contributed by atoms with Crippen molar-refractivity contribution in [1.82, 2.24) is 10.3 Å². The predicted molar refractivity (Wildman–Crippen MR) is 171 cm³/mol. The van der Waals surface area contributed by atoms with E-state index in [-0.39, 0.29) is 27.7 Å². The molecule has 44 heavy (non-hydrogen) atoms. The fourth-order valence-electron chi connectivity index (χ4n) is 5.30. The summed E-state index contributed by atoms with van der Waals surface area (Å²) < 4.78 is 47.1. The molecule has 238 valence electrons. The van der Waals surface area contributed by atoms with Gasteiger partial charge in [-0.3, -0.25) is 9.52 Å². The molecule has 0 unspecified atom stereocenters. The van der Waals surface area contributed by atoms with Gasteiger partial charge in [-0.1, -0.05) is 39.2 Å². The number of anilines is 1. The van der Waals surface area contributed by atoms with Gasteiger partial charge < -0.3 is 25.3 Å². The molecule has 4 N–H and O–H groups in total. The van der Waals surface area contributed by atoms with Crippen LogP contribution in [0.2, 0.25) is 0 Å². The van der Waals surface area contributed by atoms with Crippen LogP contribution in [0.3, 0.4) is 0 Å². The third kappa shape index (κ3) is 7.65. The number of ether oxygens (including phenoxy) is 3. The summed E-state index contributed by atoms with van der Waals surface area (Å²) in [5.41, 5.74) is 7.62. The normalized spacial score (nSPS) is 17.0. The highest BCUT2D eigenvalue weighted by atomic mass is 32.2. The van der Waals surface area contributed by atoms with Crippen LogP contribution in [0.5, 0.6) is 17.2 Å². The maximum absolute atomic E-state index is 13.6. The molecule has 0 bridgehead atoms. The van der Waals surface area contributed by atoms with Crippen molar-refractivity contribution in [2.75, 3.05) is 25.0 Å². The molecule has 1 amide bonds. The van der Waals surface area contributed by atoms with Crippen LogP contribution in [0.4, 0.5) is 5.69 Å². The monoisotopic (exact) mass is 625 g/mol. The van der Waals surface area contributed by atoms with Crippen molar-refractivity contribution in [3.8, 4) is 17.2 Å². The van der Waals surface area contributed by atoms with E-state index in [4.69, 9.17) is 19.9 Å². The summed E-state index contributed by atoms with van der Waals surface area (Å²) in [6.45, 7) is 10.4. The molecule has 12 heteroatoms. The first kappa shape index (κ1) is 32.7. The van der Waals surface area contributed by atoms with Crippen LogP contribution in [0.1, 0.15) is 71.3 Å². The molecular weight excluding hydrogens is 582 g/mol. The average Bonchev–Trinajstić information content (AvgIpc) is 3.00. The topological polar surface area (TPSA) is 145 Å². The minimum atomic E-state index is -4.08. The van der Waals surface area contributed by atoms with Crippen molar-refractivity contribution in [2.45, 2.75) is 70.6 Å². The van der Waals surface area contributed by atoms with Gasteiger partial charge in [-0.15, -0.1) is 5.10 Å². The molecule has 2 aromatic carbocycles. The number of hydrogen-bond acceptors (Lipinski definition) is 9. The second-order valence-electron chi connectivity index (χ2n) is 10.9. The second-order valence-corrected chi connectivity index (χ2v) is 12.6. The highest BCUT2D eigenvalue weighted by molar-refractivity contribution is 7.92. The average molecular weight is 626 g/mol. The molecule has 1 aliphatic carbocycles. The minimum Gasteiger partial charge on any atom is -0.493 e. The second kappa shape index (κ2) is 14.5. The number of amidine groups is 1. The Kier molecular flexibility index (Phi) is 10.8. The van der Waals surface area contributed by atoms with E-state index in [1.165, 1.54) is 49.6 Å². The number of amides is 1. The van der Waals surface area contributed by atoms with Crippen LogP contribution in [0.15, 0.2) is 70.1 Å². The van der Waals surface area contributed by atoms with Gasteiger partial charge in [0.2, 0.25) is 0 Å². The van der Waals surface area contributed by atoms with Gasteiger partial charge in [0.25, 0.3) is 15.9 Å². The summed E-state index contributed by atoms with van der Waals surface area (Å²) in [7, 11) is -2.56. The zero-order valence-corrected chi connectivity index (χ0v) is 26.8. The summed E-state index contributed by atoms with van der Waals surface area (Å²) in [5.74, 6) is 1.48. The number of benzene rings is 2. The maximum atomic E-state index is 13.6. The number of rotatable bonds is 13. The quantitative estimate of drug-likeness (QED) is 0.249. The van der Waals surface area contributed by atoms with Crippen LogP contribution in [-0.2, 0) is 14.8 Å². The maximum Gasteiger partial charge on any atom is 0.277 e. The number of nitrogens with zero attached hydrogens (tertiary/aromatic N) is 2. The number of carbonyl (C=O) groups excluding carboxylic acids is 1. The molecule has 0 aromatic heterocycles. The Morgan fingerprint density at radius 1 is 1.09 bits per heavy atom. The van der Waals surface area contributed by atoms with Crippen molar-refractivity contribution in [2.24, 2.45) is 16.8 Å². The Hall–Kier alpha value is -4.19. The summed E-state index contributed by atoms with van der Waals surface area (Å²) in [6.07, 6.45) is 7.36. The Labute approximate surface area is 260 Å². The number of hydrogen-bond donors (Lipinski definition) is 3. The Bertz CT molecular complexity index is 1540. The summed E-state index contributed by atoms with van der Waals surface area (Å²) in [5, 5.41) is 8.76. The number of carbonyl (C=O) groups is 1. The third-order valence-corrected chi connectivity index (χ3v) is 8.88. The van der Waals surface area contributed by atoms with Crippen LogP contribution >= 0.6 is 0 Å². The molecule has 0 saturated heterocycles. The molecule has 0 spiro atoms. The van der Waals surface area contributed by atoms with E-state index in [1.54, 1.807) is 32.0 Å². The molecule has 11 nitrogen and oxygen atoms in total. The Morgan fingerprint density at radius 3 is 2.48 bits per heavy atom. The van der Waals surface area contributed by atoms with E-state index in [1.807, 2.05) is 6.92 Å². The number of hydrazone groups is 1. The van der Waals surface area contributed by atoms with Gasteiger partial charge >= 0.3 is 0 Å². The van der Waals surface area contributed by atoms with Gasteiger partial charge in [0.15, 0.2) is 17.3 Å². The molecular formula is C32H43N5O6S. The first-order valence-corrected chi connectivity index (χ1v) is 16.5. The van der Waals surface area contributed by atoms with Crippen LogP contribution < -0.4 is 30.0 Å². The van der Waals surface area contributed by atoms with E-state index in [2.05, 4.69) is 21.7 Å². The fourth-order valence-corrected chi connectivity index (χ4v) is 6.37. The molecule has 1 fully saturated rings. The van der Waals surface area contributed by atoms with Crippen molar-refractivity contribution in [3.63, 3.8) is 0 Å². The van der Waals surface area contributed by atoms with Gasteiger partial charge in [0, 0.05) is 17.5 Å². The van der Waals surface area contributed by atoms with Gasteiger partial charge in [0.1, 0.15) is 11.4 Å². The Morgan fingerprint density at radius 2 is 1.82 bits per heavy atom. The van der Waals surface area contributed by atoms with E-state index < -0.39 is 15.9 Å². The number of nitrogens with two attached hydrogens (primary N) is 1. The summed E-state index contributed by atoms with van der Waals surface area (Å²) in [6, 6.07) is 9.32. The van der Waals surface area contributed by atoms with E-state index in [9.17, 15) is 13.2 Å². The standard InChI is InChI=1S/C32H43N5O6S/c1-6-11-21(3)37-30(22(4)33)32(38)34-31(35-37)26-19-25(15-17-27(26)42-7-2)44(39,40)36-24-14-16-28(29(18-24)41-5)43-20-23-12-9-8-10-13-23/h14-19,23,36H,3,6-13,20,33H2,1-2,4-5H3,(H,34,35,38)/b30-22-. The largest absolute Gasteiger partial charge is 0.493 e. The molecule has 1 heterocycles. The van der Waals surface area contributed by atoms with Crippen molar-refractivity contribution >= 4 is 27.5 Å². The summed E-state index contributed by atoms with van der Waals surface area (Å²) in [4.78, 5) is 13.1. The smallest absolute Gasteiger partial charge is 0.277 e. The lowest BCUT2D eigenvalue weighted by Gasteiger charge is -2.30. The first-order chi connectivity index (χ1) is 21.1. The van der Waals surface area contributed by atoms with Gasteiger partial charge in [-0.05, 0) is 69.4 Å². The molecule has 0 radical (unpaired) electrons. The lowest BCUT2D eigenvalue weighted by molar-refractivity contribution is -0.118. The zero-order chi connectivity index (χ0) is 31.9. The van der Waals surface area contributed by atoms with Crippen LogP contribution in [-0.4, -0.2) is 45.5 Å². The van der Waals surface area contributed by atoms with E-state index >= 15 is 0 Å². The van der Waals surface area contributed by atoms with Crippen molar-refractivity contribution in [1.29, 1.82) is 0 Å². The highest BCUT2D eigenvalue weighted by Gasteiger charge is 2.31. The Balaban J connectivity index is 1.63. The lowest BCUT2D eigenvalue weighted by atomic mass is 9.90. The highest BCUT2D eigenvalue weighted by Crippen LogP contribution is 2.34. The number of methoxy groups -OCH3 is 1. The van der Waals surface area contributed by atoms with Gasteiger partial charge in [0.05, 0.1) is 36.5 Å². The van der Waals surface area contributed by atoms with Crippen LogP contribution in [0, 0.1) is 5.92 Å². The number of sulfonamides is 1. The van der Waals surface area contributed by atoms with Crippen molar-refractivity contribution in [3.05, 3.63) is 65.6 Å². The zero-order valence-electron chi connectivity index (χ0n) is 25.9. The van der Waals surface area contributed by atoms with E-state index in [0.29, 0.717) is 54.2 Å². The van der Waals surface area contributed by atoms with Gasteiger partial charge in [-0.2, -0.15) is 0 Å². The predicted octanol–water partition coefficient (Wildman–Crippen LogP) is 5.45. The first-order valence-electron chi connectivity index (χ1n) is 15.0.